The van der Waals surface area contributed by atoms with Crippen molar-refractivity contribution in [1.82, 2.24) is 4.37 Å². The molecule has 0 aliphatic rings. The minimum Gasteiger partial charge on any atom is -0.326 e. The Hall–Kier alpha value is -0.120. The van der Waals surface area contributed by atoms with Crippen LogP contribution in [0.5, 0.6) is 0 Å². The number of rotatable bonds is 1. The van der Waals surface area contributed by atoms with Gasteiger partial charge in [0.15, 0.2) is 0 Å². The molecule has 0 radical (unpaired) electrons. The summed E-state index contributed by atoms with van der Waals surface area (Å²) in [6.45, 7) is 2.58. The van der Waals surface area contributed by atoms with Crippen LogP contribution >= 0.6 is 23.9 Å². The van der Waals surface area contributed by atoms with E-state index in [-0.39, 0.29) is 12.4 Å². The maximum Gasteiger partial charge on any atom is 0.0556 e. The SMILES string of the molecule is Cc1nscc1CN.Cl. The molecule has 0 amide bonds. The van der Waals surface area contributed by atoms with Crippen LogP contribution in [0.25, 0.3) is 0 Å². The lowest BCUT2D eigenvalue weighted by Gasteiger charge is -1.86. The lowest BCUT2D eigenvalue weighted by Crippen LogP contribution is -1.95. The van der Waals surface area contributed by atoms with Crippen molar-refractivity contribution in [1.29, 1.82) is 0 Å². The molecule has 0 saturated heterocycles. The minimum atomic E-state index is 0. The lowest BCUT2D eigenvalue weighted by molar-refractivity contribution is 1.05. The summed E-state index contributed by atoms with van der Waals surface area (Å²) in [6.07, 6.45) is 0. The molecule has 0 unspecified atom stereocenters. The van der Waals surface area contributed by atoms with Crippen LogP contribution in [-0.2, 0) is 6.54 Å². The van der Waals surface area contributed by atoms with Crippen molar-refractivity contribution in [3.63, 3.8) is 0 Å². The molecular weight excluding hydrogens is 156 g/mol. The molecule has 2 nitrogen and oxygen atoms in total. The van der Waals surface area contributed by atoms with Crippen LogP contribution in [0.1, 0.15) is 11.3 Å². The predicted octanol–water partition coefficient (Wildman–Crippen LogP) is 1.33. The van der Waals surface area contributed by atoms with Crippen molar-refractivity contribution in [2.45, 2.75) is 13.5 Å². The molecule has 0 atom stereocenters. The second-order valence-electron chi connectivity index (χ2n) is 1.63. The molecule has 0 saturated carbocycles. The van der Waals surface area contributed by atoms with E-state index in [1.807, 2.05) is 12.3 Å². The molecule has 0 aliphatic carbocycles. The van der Waals surface area contributed by atoms with E-state index in [1.54, 1.807) is 0 Å². The average Bonchev–Trinajstić information content (AvgIpc) is 2.14. The highest BCUT2D eigenvalue weighted by Crippen LogP contribution is 2.06. The van der Waals surface area contributed by atoms with Crippen LogP contribution in [0, 0.1) is 6.92 Å². The van der Waals surface area contributed by atoms with Gasteiger partial charge in [-0.05, 0) is 24.0 Å². The molecule has 4 heteroatoms. The van der Waals surface area contributed by atoms with E-state index in [4.69, 9.17) is 5.73 Å². The molecule has 52 valence electrons. The first-order valence-electron chi connectivity index (χ1n) is 2.44. The highest BCUT2D eigenvalue weighted by molar-refractivity contribution is 7.03. The van der Waals surface area contributed by atoms with Gasteiger partial charge in [0, 0.05) is 11.9 Å². The summed E-state index contributed by atoms with van der Waals surface area (Å²) in [5, 5.41) is 1.98. The standard InChI is InChI=1S/C5H8N2S.ClH/c1-4-5(2-6)3-8-7-4;/h3H,2,6H2,1H3;1H. The minimum absolute atomic E-state index is 0. The third kappa shape index (κ3) is 1.93. The molecule has 0 aliphatic heterocycles. The zero-order valence-electron chi connectivity index (χ0n) is 5.13. The topological polar surface area (TPSA) is 38.9 Å². The van der Waals surface area contributed by atoms with Gasteiger partial charge < -0.3 is 5.73 Å². The molecule has 1 aromatic rings. The normalized spacial score (nSPS) is 8.67. The van der Waals surface area contributed by atoms with Crippen LogP contribution in [0.15, 0.2) is 5.38 Å². The van der Waals surface area contributed by atoms with Crippen LogP contribution in [0.2, 0.25) is 0 Å². The molecule has 2 N–H and O–H groups in total. The Morgan fingerprint density at radius 2 is 2.44 bits per heavy atom. The molecule has 0 aromatic carbocycles. The summed E-state index contributed by atoms with van der Waals surface area (Å²) in [4.78, 5) is 0. The van der Waals surface area contributed by atoms with Crippen molar-refractivity contribution >= 4 is 23.9 Å². The zero-order valence-corrected chi connectivity index (χ0v) is 6.76. The van der Waals surface area contributed by atoms with Gasteiger partial charge in [-0.1, -0.05) is 0 Å². The second kappa shape index (κ2) is 3.82. The van der Waals surface area contributed by atoms with Gasteiger partial charge in [0.05, 0.1) is 5.69 Å². The molecule has 0 bridgehead atoms. The molecule has 1 aromatic heterocycles. The molecule has 1 rings (SSSR count). The number of aryl methyl sites for hydroxylation is 1. The first kappa shape index (κ1) is 8.88. The number of nitrogens with two attached hydrogens (primary N) is 1. The van der Waals surface area contributed by atoms with Gasteiger partial charge in [-0.15, -0.1) is 12.4 Å². The van der Waals surface area contributed by atoms with Gasteiger partial charge in [-0.2, -0.15) is 4.37 Å². The maximum atomic E-state index is 5.36. The highest BCUT2D eigenvalue weighted by atomic mass is 35.5. The van der Waals surface area contributed by atoms with Crippen LogP contribution in [0.4, 0.5) is 0 Å². The fourth-order valence-corrected chi connectivity index (χ4v) is 1.23. The first-order chi connectivity index (χ1) is 3.84. The van der Waals surface area contributed by atoms with E-state index in [0.717, 1.165) is 11.3 Å². The Morgan fingerprint density at radius 3 is 2.67 bits per heavy atom. The predicted molar refractivity (Wildman–Crippen MR) is 42.0 cm³/mol. The Labute approximate surface area is 64.7 Å². The number of hydrogen-bond acceptors (Lipinski definition) is 3. The van der Waals surface area contributed by atoms with Gasteiger partial charge in [-0.3, -0.25) is 0 Å². The highest BCUT2D eigenvalue weighted by Gasteiger charge is 1.94. The third-order valence-corrected chi connectivity index (χ3v) is 1.84. The Morgan fingerprint density at radius 1 is 1.78 bits per heavy atom. The Bertz CT molecular complexity index is 175. The lowest BCUT2D eigenvalue weighted by atomic mass is 10.3. The fourth-order valence-electron chi connectivity index (χ4n) is 0.509. The monoisotopic (exact) mass is 164 g/mol. The van der Waals surface area contributed by atoms with Crippen LogP contribution < -0.4 is 5.73 Å². The van der Waals surface area contributed by atoms with Crippen molar-refractivity contribution in [3.8, 4) is 0 Å². The van der Waals surface area contributed by atoms with E-state index in [9.17, 15) is 0 Å². The summed E-state index contributed by atoms with van der Waals surface area (Å²) in [6, 6.07) is 0. The van der Waals surface area contributed by atoms with E-state index in [1.165, 1.54) is 11.5 Å². The molecule has 1 heterocycles. The van der Waals surface area contributed by atoms with Crippen LogP contribution in [-0.4, -0.2) is 4.37 Å². The van der Waals surface area contributed by atoms with E-state index >= 15 is 0 Å². The van der Waals surface area contributed by atoms with E-state index < -0.39 is 0 Å². The smallest absolute Gasteiger partial charge is 0.0556 e. The Balaban J connectivity index is 0.000000640. The summed E-state index contributed by atoms with van der Waals surface area (Å²) < 4.78 is 4.05. The average molecular weight is 165 g/mol. The molecule has 0 fully saturated rings. The van der Waals surface area contributed by atoms with Crippen molar-refractivity contribution in [2.24, 2.45) is 5.73 Å². The van der Waals surface area contributed by atoms with Gasteiger partial charge in [0.2, 0.25) is 0 Å². The van der Waals surface area contributed by atoms with E-state index in [2.05, 4.69) is 4.37 Å². The van der Waals surface area contributed by atoms with Crippen LogP contribution in [0.3, 0.4) is 0 Å². The number of halogens is 1. The van der Waals surface area contributed by atoms with Gasteiger partial charge in [0.1, 0.15) is 0 Å². The second-order valence-corrected chi connectivity index (χ2v) is 2.26. The fraction of sp³-hybridized carbons (Fsp3) is 0.400. The summed E-state index contributed by atoms with van der Waals surface area (Å²) in [7, 11) is 0. The summed E-state index contributed by atoms with van der Waals surface area (Å²) >= 11 is 1.46. The quantitative estimate of drug-likeness (QED) is 0.681. The molecule has 9 heavy (non-hydrogen) atoms. The van der Waals surface area contributed by atoms with Gasteiger partial charge in [0.25, 0.3) is 0 Å². The summed E-state index contributed by atoms with van der Waals surface area (Å²) in [5.41, 5.74) is 7.59. The number of hydrogen-bond donors (Lipinski definition) is 1. The summed E-state index contributed by atoms with van der Waals surface area (Å²) in [5.74, 6) is 0. The van der Waals surface area contributed by atoms with Gasteiger partial charge in [-0.25, -0.2) is 0 Å². The maximum absolute atomic E-state index is 5.36. The van der Waals surface area contributed by atoms with Gasteiger partial charge >= 0.3 is 0 Å². The first-order valence-corrected chi connectivity index (χ1v) is 3.28. The number of nitrogens with zero attached hydrogens (tertiary/aromatic N) is 1. The Kier molecular flexibility index (Phi) is 3.77. The largest absolute Gasteiger partial charge is 0.326 e. The van der Waals surface area contributed by atoms with Crippen molar-refractivity contribution in [2.75, 3.05) is 0 Å². The third-order valence-electron chi connectivity index (χ3n) is 1.07. The van der Waals surface area contributed by atoms with Crippen molar-refractivity contribution < 1.29 is 0 Å². The zero-order chi connectivity index (χ0) is 5.98. The molecular formula is C5H9ClN2S. The molecule has 0 spiro atoms. The number of aromatic nitrogens is 1. The van der Waals surface area contributed by atoms with Crippen molar-refractivity contribution in [3.05, 3.63) is 16.6 Å². The van der Waals surface area contributed by atoms with E-state index in [0.29, 0.717) is 6.54 Å².